The maximum Gasteiger partial charge on any atom is 0.432 e. The van der Waals surface area contributed by atoms with E-state index in [1.807, 2.05) is 0 Å². The van der Waals surface area contributed by atoms with Gasteiger partial charge < -0.3 is 23.7 Å². The van der Waals surface area contributed by atoms with Crippen molar-refractivity contribution >= 4 is 98.5 Å². The number of unbranched alkanes of at least 4 members (excludes halogenated alkanes) is 2. The molecule has 0 saturated carbocycles. The van der Waals surface area contributed by atoms with E-state index < -0.39 is 111 Å². The molecule has 0 fully saturated rings. The molecule has 9 rings (SSSR count). The van der Waals surface area contributed by atoms with E-state index in [0.29, 0.717) is 25.7 Å². The highest BCUT2D eigenvalue weighted by atomic mass is 35.5. The minimum Gasteiger partial charge on any atom is -0.743 e. The van der Waals surface area contributed by atoms with Gasteiger partial charge in [-0.15, -0.1) is 0 Å². The van der Waals surface area contributed by atoms with Crippen LogP contribution >= 0.6 is 23.2 Å². The molecular weight excluding hydrogens is 1640 g/mol. The number of aliphatic hydroxyl groups excluding tert-OH is 1. The number of carbonyl (C=O) groups excluding carboxylic acids is 4. The van der Waals surface area contributed by atoms with Gasteiger partial charge in [0.15, 0.2) is 64.3 Å². The van der Waals surface area contributed by atoms with Gasteiger partial charge in [-0.25, -0.2) is 25.6 Å². The van der Waals surface area contributed by atoms with Crippen molar-refractivity contribution in [1.29, 1.82) is 0 Å². The largest absolute Gasteiger partial charge is 0.743 e. The van der Waals surface area contributed by atoms with Gasteiger partial charge in [0.05, 0.1) is 32.7 Å². The summed E-state index contributed by atoms with van der Waals surface area (Å²) in [5.41, 5.74) is 0. The number of alkyl halides is 15. The standard InChI is InChI=1S/3C18H15S.C13H14F10O7S.C6H8Cl2O2.C3H3F5O4S/c3*1-4-10-16(11-5-1)19(17-12-6-2-7-13-17)18-14-8-3-9-15-18;1-10(14,15)8(11(16,17)18)29-6(24)4-2-3-5-7(25)30-9(12(19,20)21)13(22,23)31(26,27)28;7-5(9)3-1-2-4-6(8)10;4-2(5,6)1(9)3(7,8)13(10,11)12/h3*1-15H;8-9H,2-5H2,1H3,(H,26,27,28);1-4H2;1,9H,(H,10,11,12)/q3*+1;;;/p-2. The number of benzene rings is 9. The third-order valence-electron chi connectivity index (χ3n) is 14.0. The summed E-state index contributed by atoms with van der Waals surface area (Å²) in [7, 11) is -13.5. The highest BCUT2D eigenvalue weighted by Crippen LogP contribution is 2.40. The molecule has 9 aromatic rings. The van der Waals surface area contributed by atoms with E-state index in [2.05, 4.69) is 282 Å². The summed E-state index contributed by atoms with van der Waals surface area (Å²) in [5.74, 6) is -8.40. The summed E-state index contributed by atoms with van der Waals surface area (Å²) in [6.45, 7) is -0.177. The molecule has 111 heavy (non-hydrogen) atoms. The average molecular weight is 1710 g/mol. The molecule has 0 aliphatic carbocycles. The molecule has 13 nitrogen and oxygen atoms in total. The van der Waals surface area contributed by atoms with E-state index in [-0.39, 0.29) is 50.1 Å². The highest BCUT2D eigenvalue weighted by Gasteiger charge is 2.63. The predicted molar refractivity (Wildman–Crippen MR) is 387 cm³/mol. The summed E-state index contributed by atoms with van der Waals surface area (Å²) in [4.78, 5) is 55.0. The van der Waals surface area contributed by atoms with Crippen molar-refractivity contribution in [2.75, 3.05) is 0 Å². The number of halogens is 17. The fraction of sp³-hybridized carbons (Fsp3) is 0.237. The number of aliphatic hydroxyl groups is 1. The minimum atomic E-state index is -6.90. The van der Waals surface area contributed by atoms with Crippen molar-refractivity contribution < 1.29 is 126 Å². The summed E-state index contributed by atoms with van der Waals surface area (Å²) in [6.07, 6.45) is -32.2. The molecule has 0 spiro atoms. The average Bonchev–Trinajstić information content (AvgIpc) is 0.780. The van der Waals surface area contributed by atoms with E-state index >= 15 is 0 Å². The van der Waals surface area contributed by atoms with Crippen LogP contribution < -0.4 is 0 Å². The van der Waals surface area contributed by atoms with Crippen molar-refractivity contribution in [2.45, 2.75) is 156 Å². The molecule has 1 N–H and O–H groups in total. The van der Waals surface area contributed by atoms with Gasteiger partial charge >= 0.3 is 41.0 Å². The van der Waals surface area contributed by atoms with E-state index in [0.717, 1.165) is 0 Å². The van der Waals surface area contributed by atoms with Gasteiger partial charge in [0.1, 0.15) is 0 Å². The Morgan fingerprint density at radius 1 is 0.333 bits per heavy atom. The van der Waals surface area contributed by atoms with Crippen LogP contribution in [0.2, 0.25) is 0 Å². The molecule has 3 atom stereocenters. The molecule has 3 unspecified atom stereocenters. The van der Waals surface area contributed by atoms with E-state index in [4.69, 9.17) is 28.3 Å². The fourth-order valence-corrected chi connectivity index (χ4v) is 16.4. The minimum absolute atomic E-state index is 0.0146. The zero-order valence-corrected chi connectivity index (χ0v) is 63.3. The second-order valence-corrected chi connectivity index (χ2v) is 32.4. The lowest BCUT2D eigenvalue weighted by atomic mass is 10.2. The van der Waals surface area contributed by atoms with Gasteiger partial charge in [-0.2, -0.15) is 57.1 Å². The van der Waals surface area contributed by atoms with Crippen molar-refractivity contribution in [2.24, 2.45) is 0 Å². The molecular formula is C76H68Cl2F15O13S5+. The number of hydrogen-bond donors (Lipinski definition) is 1. The number of carbonyl (C=O) groups is 4. The van der Waals surface area contributed by atoms with E-state index in [9.17, 15) is 111 Å². The zero-order chi connectivity index (χ0) is 82.9. The lowest BCUT2D eigenvalue weighted by Crippen LogP contribution is -2.52. The van der Waals surface area contributed by atoms with E-state index in [1.165, 1.54) is 44.1 Å². The molecule has 0 radical (unpaired) electrons. The Morgan fingerprint density at radius 3 is 0.658 bits per heavy atom. The lowest BCUT2D eigenvalue weighted by molar-refractivity contribution is -0.273. The Bertz CT molecular complexity index is 3880. The molecule has 9 aromatic carbocycles. The normalized spacial score (nSPS) is 12.7. The van der Waals surface area contributed by atoms with Gasteiger partial charge in [-0.1, -0.05) is 164 Å². The van der Waals surface area contributed by atoms with Crippen LogP contribution in [0.4, 0.5) is 65.9 Å². The number of rotatable bonds is 26. The van der Waals surface area contributed by atoms with Gasteiger partial charge in [-0.05, 0) is 158 Å². The summed E-state index contributed by atoms with van der Waals surface area (Å²) in [5, 5.41) is -4.76. The van der Waals surface area contributed by atoms with Crippen molar-refractivity contribution in [3.05, 3.63) is 273 Å². The maximum absolute atomic E-state index is 13.1. The van der Waals surface area contributed by atoms with Crippen LogP contribution in [0.25, 0.3) is 0 Å². The Hall–Kier alpha value is -8.38. The smallest absolute Gasteiger partial charge is 0.432 e. The third-order valence-corrected chi connectivity index (χ3v) is 22.8. The Kier molecular flexibility index (Phi) is 38.3. The van der Waals surface area contributed by atoms with Crippen LogP contribution in [-0.4, -0.2) is 107 Å². The third kappa shape index (κ3) is 32.7. The molecule has 35 heteroatoms. The van der Waals surface area contributed by atoms with Crippen LogP contribution in [0.1, 0.15) is 58.3 Å². The number of hydrogen-bond acceptors (Lipinski definition) is 13. The SMILES string of the molecule is CC(F)(F)C(OC(=O)CCCCC(=O)OC(C(F)(F)F)C(F)(F)S(=O)(=O)[O-])C(F)(F)F.O=C(Cl)CCCCC(=O)Cl.O=S(=O)([O-])C(F)(F)C(O)C(F)(F)F.c1ccc([S+](c2ccccc2)c2ccccc2)cc1.c1ccc([S+](c2ccccc2)c2ccccc2)cc1.c1ccc([S+](c2ccccc2)c2ccccc2)cc1. The molecule has 0 aromatic heterocycles. The maximum atomic E-state index is 13.1. The van der Waals surface area contributed by atoms with Crippen LogP contribution in [0, 0.1) is 0 Å². The van der Waals surface area contributed by atoms with Crippen LogP contribution in [0.15, 0.2) is 317 Å². The summed E-state index contributed by atoms with van der Waals surface area (Å²) < 4.78 is 251. The second-order valence-electron chi connectivity index (χ2n) is 22.6. The molecule has 0 amide bonds. The lowest BCUT2D eigenvalue weighted by Gasteiger charge is -2.29. The first-order chi connectivity index (χ1) is 51.9. The summed E-state index contributed by atoms with van der Waals surface area (Å²) >= 11 is 10.1. The molecule has 0 aliphatic heterocycles. The Balaban J connectivity index is 0.000000290. The topological polar surface area (TPSA) is 221 Å². The fourth-order valence-electron chi connectivity index (χ4n) is 8.92. The first-order valence-corrected chi connectivity index (χ1v) is 39.5. The van der Waals surface area contributed by atoms with Gasteiger partial charge in [0.25, 0.3) is 18.1 Å². The van der Waals surface area contributed by atoms with Crippen molar-refractivity contribution in [1.82, 2.24) is 0 Å². The molecule has 598 valence electrons. The highest BCUT2D eigenvalue weighted by molar-refractivity contribution is 7.97. The van der Waals surface area contributed by atoms with Gasteiger partial charge in [0, 0.05) is 32.6 Å². The first kappa shape index (κ1) is 95.0. The van der Waals surface area contributed by atoms with E-state index in [1.54, 1.807) is 0 Å². The predicted octanol–water partition coefficient (Wildman–Crippen LogP) is 19.8. The number of esters is 2. The van der Waals surface area contributed by atoms with Crippen LogP contribution in [-0.2, 0) is 81.6 Å². The van der Waals surface area contributed by atoms with Crippen LogP contribution in [0.5, 0.6) is 0 Å². The Labute approximate surface area is 648 Å². The zero-order valence-electron chi connectivity index (χ0n) is 57.7. The molecule has 0 saturated heterocycles. The van der Waals surface area contributed by atoms with Crippen molar-refractivity contribution in [3.8, 4) is 0 Å². The molecule has 0 bridgehead atoms. The van der Waals surface area contributed by atoms with Crippen LogP contribution in [0.3, 0.4) is 0 Å². The summed E-state index contributed by atoms with van der Waals surface area (Å²) in [6, 6.07) is 96.5. The first-order valence-electron chi connectivity index (χ1n) is 32.3. The van der Waals surface area contributed by atoms with Gasteiger partial charge in [-0.3, -0.25) is 19.2 Å². The quantitative estimate of drug-likeness (QED) is 0.0133. The van der Waals surface area contributed by atoms with Gasteiger partial charge in [0.2, 0.25) is 16.6 Å². The second kappa shape index (κ2) is 44.8. The monoisotopic (exact) mass is 1700 g/mol. The Morgan fingerprint density at radius 2 is 0.514 bits per heavy atom. The van der Waals surface area contributed by atoms with Crippen molar-refractivity contribution in [3.63, 3.8) is 0 Å². The number of ether oxygens (including phenoxy) is 2. The molecule has 0 aliphatic rings. The molecule has 0 heterocycles.